The van der Waals surface area contributed by atoms with Crippen LogP contribution in [0.15, 0.2) is 158 Å². The van der Waals surface area contributed by atoms with E-state index in [4.69, 9.17) is 9.47 Å². The van der Waals surface area contributed by atoms with Gasteiger partial charge in [0, 0.05) is 0 Å². The summed E-state index contributed by atoms with van der Waals surface area (Å²) >= 11 is 0. The molecule has 6 rings (SSSR count). The smallest absolute Gasteiger partial charge is 0.305 e. The maximum absolute atomic E-state index is 13.0. The molecular weight excluding hydrogens is 1320 g/mol. The van der Waals surface area contributed by atoms with E-state index < -0.39 is 90.2 Å². The van der Waals surface area contributed by atoms with Crippen LogP contribution in [0.1, 0.15) is 184 Å². The van der Waals surface area contributed by atoms with Gasteiger partial charge in [-0.05, 0) is 204 Å². The normalized spacial score (nSPS) is 14.7. The average molecular weight is 1440 g/mol. The molecule has 570 valence electrons. The van der Waals surface area contributed by atoms with Gasteiger partial charge in [-0.3, -0.25) is 28.8 Å². The Balaban J connectivity index is 0.000000331. The van der Waals surface area contributed by atoms with E-state index in [0.717, 1.165) is 77.7 Å². The van der Waals surface area contributed by atoms with Gasteiger partial charge in [-0.15, -0.1) is 0 Å². The number of phenolic OH excluding ortho intramolecular Hbond substituents is 2. The second-order valence-corrected chi connectivity index (χ2v) is 27.4. The van der Waals surface area contributed by atoms with Crippen molar-refractivity contribution in [1.29, 1.82) is 0 Å². The molecule has 104 heavy (non-hydrogen) atoms. The fourth-order valence-electron chi connectivity index (χ4n) is 12.2. The fraction of sp³-hybridized carbons (Fsp3) is 0.488. The Hall–Kier alpha value is -8.90. The summed E-state index contributed by atoms with van der Waals surface area (Å²) in [6, 6.07) is 45.6. The number of carbonyl (C=O) groups is 6. The second kappa shape index (κ2) is 46.7. The number of carboxylic acid groups (broad SMARTS) is 3. The second-order valence-electron chi connectivity index (χ2n) is 27.4. The lowest BCUT2D eigenvalue weighted by Crippen LogP contribution is -2.51. The predicted octanol–water partition coefficient (Wildman–Crippen LogP) is 10.7. The highest BCUT2D eigenvalue weighted by molar-refractivity contribution is 5.87. The summed E-state index contributed by atoms with van der Waals surface area (Å²) in [6.07, 6.45) is 4.39. The summed E-state index contributed by atoms with van der Waals surface area (Å²) in [5, 5.41) is 97.1. The number of methoxy groups -OCH3 is 2. The minimum Gasteiger partial charge on any atom is -0.508 e. The molecule has 12 atom stereocenters. The molecule has 0 aliphatic rings. The quantitative estimate of drug-likeness (QED) is 0.0158. The van der Waals surface area contributed by atoms with Gasteiger partial charge in [-0.25, -0.2) is 0 Å². The van der Waals surface area contributed by atoms with Crippen LogP contribution in [0.3, 0.4) is 0 Å². The van der Waals surface area contributed by atoms with E-state index in [0.29, 0.717) is 57.5 Å². The Morgan fingerprint density at radius 3 is 1.09 bits per heavy atom. The Morgan fingerprint density at radius 2 is 0.779 bits per heavy atom. The lowest BCUT2D eigenvalue weighted by atomic mass is 9.81. The number of aromatic hydroxyl groups is 2. The van der Waals surface area contributed by atoms with E-state index in [-0.39, 0.29) is 53.9 Å². The number of benzene rings is 6. The molecule has 0 radical (unpaired) electrons. The molecule has 0 saturated carbocycles. The molecule has 0 saturated heterocycles. The van der Waals surface area contributed by atoms with Crippen molar-refractivity contribution in [3.8, 4) is 23.0 Å². The molecule has 14 N–H and O–H groups in total. The van der Waals surface area contributed by atoms with Crippen molar-refractivity contribution in [1.82, 2.24) is 31.9 Å². The Kier molecular flexibility index (Phi) is 39.3. The van der Waals surface area contributed by atoms with E-state index in [1.807, 2.05) is 147 Å². The topological polar surface area (TPSA) is 355 Å². The summed E-state index contributed by atoms with van der Waals surface area (Å²) in [5.74, 6) is -2.54. The largest absolute Gasteiger partial charge is 0.508 e. The first-order valence-electron chi connectivity index (χ1n) is 36.4. The van der Waals surface area contributed by atoms with Crippen molar-refractivity contribution in [2.75, 3.05) is 33.9 Å². The number of phenols is 2. The molecule has 6 aromatic rings. The fourth-order valence-corrected chi connectivity index (χ4v) is 12.2. The van der Waals surface area contributed by atoms with Gasteiger partial charge in [0.15, 0.2) is 11.5 Å². The van der Waals surface area contributed by atoms with Crippen LogP contribution < -0.4 is 41.4 Å². The van der Waals surface area contributed by atoms with Gasteiger partial charge in [0.2, 0.25) is 17.7 Å². The summed E-state index contributed by atoms with van der Waals surface area (Å²) in [4.78, 5) is 72.5. The average Bonchev–Trinajstić information content (AvgIpc) is 0.813. The van der Waals surface area contributed by atoms with Crippen molar-refractivity contribution in [3.05, 3.63) is 191 Å². The van der Waals surface area contributed by atoms with Crippen LogP contribution in [0, 0.1) is 0 Å². The third-order valence-corrected chi connectivity index (χ3v) is 19.1. The molecular formula is C82H116N6O16. The Morgan fingerprint density at radius 1 is 0.442 bits per heavy atom. The summed E-state index contributed by atoms with van der Waals surface area (Å²) in [6.45, 7) is 16.8. The summed E-state index contributed by atoms with van der Waals surface area (Å²) < 4.78 is 10.3. The minimum absolute atomic E-state index is 0.0503. The van der Waals surface area contributed by atoms with Gasteiger partial charge in [-0.2, -0.15) is 0 Å². The standard InChI is InChI=1S/C29H42N2O6.C27H38N2O5.C26H36N2O5/c1-6-20(21-10-8-7-9-11-21)16-24(32)19(2)31-28(36)23(18-27(34)35)30-15-14-29(3,4)22-12-13-26(37-5)25(33)17-22;1-4-21(22-10-6-5-7-11-22)17-25(30)19(2)29-27(33)24(18-26(31)32)28-16-8-9-20-12-14-23(34-3)15-13-20;1-3-20(21-9-5-4-6-10-21)16-24(30)18(2)28-26(33)23(17-25(31)32)27-15-7-8-19-11-13-22(29)14-12-19/h7-13,17,19-20,23-24,30,32-33H,6,14-16,18H2,1-5H3,(H,31,36)(H,34,35);5-7,10-15,19,21,24-25,28,30H,4,8-9,16-18H2,1-3H3,(H,29,33)(H,31,32);4-6,9-14,18,20,23-24,27,29-30H,3,7-8,15-17H2,1-2H3,(H,28,33)(H,31,32)/t19?,20?,23-,24?;19?,21?,24-,25?;18?,20?,23-,24?/m000/s1. The number of aliphatic hydroxyl groups is 3. The number of hydrogen-bond acceptors (Lipinski definition) is 16. The van der Waals surface area contributed by atoms with Gasteiger partial charge in [0.1, 0.15) is 11.5 Å². The minimum atomic E-state index is -1.09. The zero-order valence-electron chi connectivity index (χ0n) is 62.3. The molecule has 0 spiro atoms. The van der Waals surface area contributed by atoms with Crippen LogP contribution in [0.2, 0.25) is 0 Å². The van der Waals surface area contributed by atoms with Crippen LogP contribution in [0.4, 0.5) is 0 Å². The van der Waals surface area contributed by atoms with Crippen molar-refractivity contribution < 1.29 is 79.1 Å². The van der Waals surface area contributed by atoms with Gasteiger partial charge in [-0.1, -0.05) is 156 Å². The van der Waals surface area contributed by atoms with Gasteiger partial charge in [0.25, 0.3) is 0 Å². The monoisotopic (exact) mass is 1440 g/mol. The summed E-state index contributed by atoms with van der Waals surface area (Å²) in [5.41, 5.74) is 6.18. The molecule has 6 aromatic carbocycles. The third kappa shape index (κ3) is 32.0. The van der Waals surface area contributed by atoms with Gasteiger partial charge >= 0.3 is 17.9 Å². The van der Waals surface area contributed by atoms with Crippen molar-refractivity contribution in [2.24, 2.45) is 0 Å². The number of aliphatic carboxylic acids is 3. The first-order valence-corrected chi connectivity index (χ1v) is 36.4. The zero-order valence-corrected chi connectivity index (χ0v) is 62.3. The van der Waals surface area contributed by atoms with Crippen molar-refractivity contribution >= 4 is 35.6 Å². The number of nitrogens with one attached hydrogen (secondary N) is 6. The van der Waals surface area contributed by atoms with Crippen LogP contribution in [0.25, 0.3) is 0 Å². The SMILES string of the molecule is CCC(CC(O)C(C)NC(=O)[C@H](CC(=O)O)NCCC(C)(C)c1ccc(OC)c(O)c1)c1ccccc1.CCC(CC(O)C(C)NC(=O)[C@H](CC(=O)O)NCCCc1ccc(O)cc1)c1ccccc1.CCC(CC(O)C(C)NC(=O)[C@H](CC(=O)O)NCCCc1ccc(OC)cc1)c1ccccc1. The highest BCUT2D eigenvalue weighted by Crippen LogP contribution is 2.35. The highest BCUT2D eigenvalue weighted by Gasteiger charge is 2.31. The number of rotatable bonds is 44. The third-order valence-electron chi connectivity index (χ3n) is 19.1. The molecule has 0 aromatic heterocycles. The molecule has 3 amide bonds. The van der Waals surface area contributed by atoms with E-state index >= 15 is 0 Å². The molecule has 0 aliphatic heterocycles. The van der Waals surface area contributed by atoms with Gasteiger partial charge < -0.3 is 82.2 Å². The van der Waals surface area contributed by atoms with Crippen LogP contribution in [-0.4, -0.2) is 165 Å². The van der Waals surface area contributed by atoms with Gasteiger partial charge in [0.05, 0.1) is 88.0 Å². The molecule has 0 bridgehead atoms. The zero-order chi connectivity index (χ0) is 76.7. The molecule has 22 heteroatoms. The lowest BCUT2D eigenvalue weighted by molar-refractivity contribution is -0.140. The van der Waals surface area contributed by atoms with E-state index in [2.05, 4.69) is 52.7 Å². The predicted molar refractivity (Wildman–Crippen MR) is 405 cm³/mol. The number of carbonyl (C=O) groups excluding carboxylic acids is 3. The van der Waals surface area contributed by atoms with E-state index in [1.165, 1.54) is 7.11 Å². The maximum atomic E-state index is 13.0. The number of aryl methyl sites for hydroxylation is 2. The summed E-state index contributed by atoms with van der Waals surface area (Å²) in [7, 11) is 3.11. The maximum Gasteiger partial charge on any atom is 0.305 e. The molecule has 0 aliphatic carbocycles. The Labute approximate surface area is 614 Å². The Bertz CT molecular complexity index is 3460. The first-order chi connectivity index (χ1) is 49.6. The van der Waals surface area contributed by atoms with E-state index in [9.17, 15) is 69.6 Å². The van der Waals surface area contributed by atoms with Crippen LogP contribution in [0.5, 0.6) is 23.0 Å². The molecule has 0 fully saturated rings. The molecule has 9 unspecified atom stereocenters. The molecule has 0 heterocycles. The van der Waals surface area contributed by atoms with Crippen LogP contribution >= 0.6 is 0 Å². The molecule has 22 nitrogen and oxygen atoms in total. The number of hydrogen-bond donors (Lipinski definition) is 14. The van der Waals surface area contributed by atoms with Crippen molar-refractivity contribution in [2.45, 2.75) is 223 Å². The first kappa shape index (κ1) is 87.5. The van der Waals surface area contributed by atoms with E-state index in [1.54, 1.807) is 52.1 Å². The van der Waals surface area contributed by atoms with Crippen LogP contribution in [-0.2, 0) is 47.0 Å². The number of carboxylic acids is 3. The number of ether oxygens (including phenoxy) is 2. The van der Waals surface area contributed by atoms with Crippen molar-refractivity contribution in [3.63, 3.8) is 0 Å². The number of amides is 3. The number of aliphatic hydroxyl groups excluding tert-OH is 3. The highest BCUT2D eigenvalue weighted by atomic mass is 16.5. The lowest BCUT2D eigenvalue weighted by Gasteiger charge is -2.28.